The summed E-state index contributed by atoms with van der Waals surface area (Å²) in [6.45, 7) is 2.21. The van der Waals surface area contributed by atoms with E-state index >= 15 is 0 Å². The number of hydrogen-bond acceptors (Lipinski definition) is 4. The predicted octanol–water partition coefficient (Wildman–Crippen LogP) is 3.75. The minimum absolute atomic E-state index is 0.0972. The highest BCUT2D eigenvalue weighted by Crippen LogP contribution is 2.36. The Labute approximate surface area is 145 Å². The van der Waals surface area contributed by atoms with Crippen molar-refractivity contribution < 1.29 is 9.21 Å². The summed E-state index contributed by atoms with van der Waals surface area (Å²) in [6.07, 6.45) is 5.29. The fourth-order valence-corrected chi connectivity index (χ4v) is 2.90. The van der Waals surface area contributed by atoms with Crippen LogP contribution in [0.25, 0.3) is 11.6 Å². The van der Waals surface area contributed by atoms with E-state index in [9.17, 15) is 4.79 Å². The maximum absolute atomic E-state index is 12.3. The van der Waals surface area contributed by atoms with Crippen LogP contribution in [-0.2, 0) is 11.3 Å². The van der Waals surface area contributed by atoms with Gasteiger partial charge in [-0.2, -0.15) is 0 Å². The van der Waals surface area contributed by atoms with E-state index in [4.69, 9.17) is 4.42 Å². The number of nitrogens with one attached hydrogen (secondary N) is 1. The van der Waals surface area contributed by atoms with Crippen molar-refractivity contribution in [1.29, 1.82) is 0 Å². The Bertz CT molecular complexity index is 875. The van der Waals surface area contributed by atoms with Gasteiger partial charge in [0.1, 0.15) is 12.2 Å². The van der Waals surface area contributed by atoms with Crippen molar-refractivity contribution in [2.24, 2.45) is 0 Å². The Morgan fingerprint density at radius 2 is 2.04 bits per heavy atom. The minimum Gasteiger partial charge on any atom is -0.419 e. The summed E-state index contributed by atoms with van der Waals surface area (Å²) in [5.74, 6) is 1.47. The Morgan fingerprint density at radius 1 is 1.24 bits per heavy atom. The van der Waals surface area contributed by atoms with Gasteiger partial charge in [-0.1, -0.05) is 24.1 Å². The van der Waals surface area contributed by atoms with E-state index in [1.807, 2.05) is 54.1 Å². The SMILES string of the molecule is Cc1ccc(NC(=O)Cn2cccc2-c2nnc(C3CCC3)o2)cc1. The number of carbonyl (C=O) groups is 1. The lowest BCUT2D eigenvalue weighted by Crippen LogP contribution is -2.18. The van der Waals surface area contributed by atoms with Gasteiger partial charge in [0.05, 0.1) is 0 Å². The lowest BCUT2D eigenvalue weighted by Gasteiger charge is -2.20. The van der Waals surface area contributed by atoms with Gasteiger partial charge < -0.3 is 14.3 Å². The fraction of sp³-hybridized carbons (Fsp3) is 0.316. The number of aromatic nitrogens is 3. The number of benzene rings is 1. The molecule has 25 heavy (non-hydrogen) atoms. The molecule has 1 aromatic carbocycles. The first-order valence-corrected chi connectivity index (χ1v) is 8.54. The van der Waals surface area contributed by atoms with Crippen LogP contribution in [0, 0.1) is 6.92 Å². The molecule has 0 radical (unpaired) electrons. The van der Waals surface area contributed by atoms with E-state index in [1.165, 1.54) is 6.42 Å². The lowest BCUT2D eigenvalue weighted by atomic mass is 9.85. The predicted molar refractivity (Wildman–Crippen MR) is 94.1 cm³/mol. The molecular weight excluding hydrogens is 316 g/mol. The second-order valence-corrected chi connectivity index (χ2v) is 6.51. The van der Waals surface area contributed by atoms with Crippen LogP contribution in [0.4, 0.5) is 5.69 Å². The van der Waals surface area contributed by atoms with Crippen LogP contribution < -0.4 is 5.32 Å². The topological polar surface area (TPSA) is 73.0 Å². The second-order valence-electron chi connectivity index (χ2n) is 6.51. The summed E-state index contributed by atoms with van der Waals surface area (Å²) in [5, 5.41) is 11.2. The van der Waals surface area contributed by atoms with Crippen LogP contribution in [0.1, 0.15) is 36.6 Å². The van der Waals surface area contributed by atoms with E-state index in [1.54, 1.807) is 0 Å². The molecule has 128 valence electrons. The van der Waals surface area contributed by atoms with Gasteiger partial charge in [0.25, 0.3) is 5.89 Å². The molecule has 6 heteroatoms. The van der Waals surface area contributed by atoms with Crippen molar-refractivity contribution in [3.05, 3.63) is 54.0 Å². The highest BCUT2D eigenvalue weighted by atomic mass is 16.4. The smallest absolute Gasteiger partial charge is 0.264 e. The van der Waals surface area contributed by atoms with Gasteiger partial charge in [-0.3, -0.25) is 4.79 Å². The number of aryl methyl sites for hydroxylation is 1. The van der Waals surface area contributed by atoms with Gasteiger partial charge in [-0.15, -0.1) is 10.2 Å². The number of anilines is 1. The molecule has 0 bridgehead atoms. The average Bonchev–Trinajstić information content (AvgIpc) is 3.17. The lowest BCUT2D eigenvalue weighted by molar-refractivity contribution is -0.116. The van der Waals surface area contributed by atoms with Gasteiger partial charge in [0, 0.05) is 17.8 Å². The third-order valence-electron chi connectivity index (χ3n) is 4.59. The Morgan fingerprint density at radius 3 is 2.76 bits per heavy atom. The van der Waals surface area contributed by atoms with Gasteiger partial charge in [-0.05, 0) is 44.0 Å². The molecule has 3 aromatic rings. The van der Waals surface area contributed by atoms with Gasteiger partial charge in [-0.25, -0.2) is 0 Å². The summed E-state index contributed by atoms with van der Waals surface area (Å²) < 4.78 is 7.63. The molecule has 4 rings (SSSR count). The maximum atomic E-state index is 12.3. The molecule has 2 aromatic heterocycles. The number of amides is 1. The number of nitrogens with zero attached hydrogens (tertiary/aromatic N) is 3. The van der Waals surface area contributed by atoms with Crippen molar-refractivity contribution in [2.45, 2.75) is 38.6 Å². The molecule has 2 heterocycles. The molecular formula is C19H20N4O2. The zero-order valence-corrected chi connectivity index (χ0v) is 14.1. The summed E-state index contributed by atoms with van der Waals surface area (Å²) >= 11 is 0. The first-order valence-electron chi connectivity index (χ1n) is 8.54. The zero-order chi connectivity index (χ0) is 17.2. The number of carbonyl (C=O) groups excluding carboxylic acids is 1. The number of hydrogen-bond donors (Lipinski definition) is 1. The first kappa shape index (κ1) is 15.6. The summed E-state index contributed by atoms with van der Waals surface area (Å²) in [4.78, 5) is 12.3. The zero-order valence-electron chi connectivity index (χ0n) is 14.1. The molecule has 1 N–H and O–H groups in total. The first-order chi connectivity index (χ1) is 12.2. The molecule has 1 fully saturated rings. The fourth-order valence-electron chi connectivity index (χ4n) is 2.90. The van der Waals surface area contributed by atoms with Crippen molar-refractivity contribution >= 4 is 11.6 Å². The van der Waals surface area contributed by atoms with Crippen LogP contribution in [0.2, 0.25) is 0 Å². The Kier molecular flexibility index (Phi) is 4.09. The Balaban J connectivity index is 1.46. The molecule has 1 aliphatic carbocycles. The number of rotatable bonds is 5. The highest BCUT2D eigenvalue weighted by molar-refractivity contribution is 5.90. The van der Waals surface area contributed by atoms with Gasteiger partial charge in [0.2, 0.25) is 11.8 Å². The van der Waals surface area contributed by atoms with Crippen LogP contribution in [0.15, 0.2) is 47.0 Å². The van der Waals surface area contributed by atoms with Crippen molar-refractivity contribution in [3.8, 4) is 11.6 Å². The average molecular weight is 336 g/mol. The molecule has 0 aliphatic heterocycles. The van der Waals surface area contributed by atoms with Crippen LogP contribution in [-0.4, -0.2) is 20.7 Å². The summed E-state index contributed by atoms with van der Waals surface area (Å²) in [5.41, 5.74) is 2.70. The van der Waals surface area contributed by atoms with Crippen LogP contribution in [0.3, 0.4) is 0 Å². The molecule has 1 aliphatic rings. The van der Waals surface area contributed by atoms with E-state index in [-0.39, 0.29) is 12.5 Å². The quantitative estimate of drug-likeness (QED) is 0.770. The molecule has 1 amide bonds. The largest absolute Gasteiger partial charge is 0.419 e. The van der Waals surface area contributed by atoms with E-state index in [0.29, 0.717) is 17.7 Å². The Hall–Kier alpha value is -2.89. The summed E-state index contributed by atoms with van der Waals surface area (Å²) in [6, 6.07) is 11.5. The van der Waals surface area contributed by atoms with Gasteiger partial charge in [0.15, 0.2) is 0 Å². The minimum atomic E-state index is -0.0972. The van der Waals surface area contributed by atoms with Crippen LogP contribution >= 0.6 is 0 Å². The van der Waals surface area contributed by atoms with E-state index in [0.717, 1.165) is 29.8 Å². The summed E-state index contributed by atoms with van der Waals surface area (Å²) in [7, 11) is 0. The molecule has 6 nitrogen and oxygen atoms in total. The van der Waals surface area contributed by atoms with Crippen molar-refractivity contribution in [1.82, 2.24) is 14.8 Å². The van der Waals surface area contributed by atoms with Crippen molar-refractivity contribution in [3.63, 3.8) is 0 Å². The molecule has 0 saturated heterocycles. The molecule has 1 saturated carbocycles. The second kappa shape index (κ2) is 6.55. The molecule has 0 atom stereocenters. The van der Waals surface area contributed by atoms with Gasteiger partial charge >= 0.3 is 0 Å². The molecule has 0 unspecified atom stereocenters. The van der Waals surface area contributed by atoms with E-state index in [2.05, 4.69) is 15.5 Å². The molecule has 0 spiro atoms. The highest BCUT2D eigenvalue weighted by Gasteiger charge is 2.26. The third kappa shape index (κ3) is 3.33. The maximum Gasteiger partial charge on any atom is 0.264 e. The van der Waals surface area contributed by atoms with Crippen molar-refractivity contribution in [2.75, 3.05) is 5.32 Å². The van der Waals surface area contributed by atoms with E-state index < -0.39 is 0 Å². The monoisotopic (exact) mass is 336 g/mol. The third-order valence-corrected chi connectivity index (χ3v) is 4.59. The normalized spacial score (nSPS) is 14.3. The standard InChI is InChI=1S/C19H20N4O2/c1-13-7-9-15(10-8-13)20-17(24)12-23-11-3-6-16(23)19-22-21-18(25-19)14-4-2-5-14/h3,6-11,14H,2,4-5,12H2,1H3,(H,20,24). The van der Waals surface area contributed by atoms with Crippen LogP contribution in [0.5, 0.6) is 0 Å².